The molecule has 4 rings (SSSR count). The summed E-state index contributed by atoms with van der Waals surface area (Å²) in [5.41, 5.74) is 1.71. The zero-order valence-electron chi connectivity index (χ0n) is 18.7. The van der Waals surface area contributed by atoms with E-state index in [1.54, 1.807) is 55.8 Å². The average molecular weight is 447 g/mol. The van der Waals surface area contributed by atoms with E-state index < -0.39 is 0 Å². The van der Waals surface area contributed by atoms with Crippen LogP contribution in [-0.4, -0.2) is 62.1 Å². The van der Waals surface area contributed by atoms with Gasteiger partial charge in [0, 0.05) is 31.7 Å². The average Bonchev–Trinajstić information content (AvgIpc) is 2.89. The molecule has 0 saturated carbocycles. The normalized spacial score (nSPS) is 13.4. The molecular formula is C25H26N4O4. The number of nitrogens with zero attached hydrogens (tertiary/aromatic N) is 3. The molecule has 1 aliphatic rings. The molecular weight excluding hydrogens is 420 g/mol. The first-order valence-electron chi connectivity index (χ1n) is 10.7. The molecule has 1 aromatic heterocycles. The molecule has 0 radical (unpaired) electrons. The minimum Gasteiger partial charge on any atom is -0.497 e. The fraction of sp³-hybridized carbons (Fsp3) is 0.240. The number of rotatable bonds is 6. The van der Waals surface area contributed by atoms with Crippen molar-refractivity contribution < 1.29 is 19.1 Å². The van der Waals surface area contributed by atoms with Crippen LogP contribution < -0.4 is 19.7 Å². The van der Waals surface area contributed by atoms with Crippen LogP contribution in [0.4, 0.5) is 11.5 Å². The number of piperazine rings is 1. The van der Waals surface area contributed by atoms with Gasteiger partial charge in [-0.15, -0.1) is 0 Å². The van der Waals surface area contributed by atoms with Crippen molar-refractivity contribution >= 4 is 23.3 Å². The molecule has 0 spiro atoms. The largest absolute Gasteiger partial charge is 0.497 e. The van der Waals surface area contributed by atoms with Gasteiger partial charge >= 0.3 is 0 Å². The number of carbonyl (C=O) groups excluding carboxylic acids is 2. The van der Waals surface area contributed by atoms with Gasteiger partial charge in [0.2, 0.25) is 0 Å². The first-order chi connectivity index (χ1) is 16.1. The third kappa shape index (κ3) is 5.06. The van der Waals surface area contributed by atoms with E-state index in [1.165, 1.54) is 7.11 Å². The SMILES string of the molecule is COc1ccc(C(=O)N2CCN(c3ccc(NC(=O)c4ccccc4OC)cn3)CC2)cc1. The van der Waals surface area contributed by atoms with Crippen LogP contribution in [0, 0.1) is 0 Å². The van der Waals surface area contributed by atoms with Gasteiger partial charge in [-0.1, -0.05) is 12.1 Å². The molecule has 170 valence electrons. The summed E-state index contributed by atoms with van der Waals surface area (Å²) in [4.78, 5) is 33.8. The van der Waals surface area contributed by atoms with Gasteiger partial charge in [0.1, 0.15) is 17.3 Å². The van der Waals surface area contributed by atoms with E-state index in [9.17, 15) is 9.59 Å². The van der Waals surface area contributed by atoms with Crippen molar-refractivity contribution in [3.8, 4) is 11.5 Å². The van der Waals surface area contributed by atoms with Gasteiger partial charge in [-0.05, 0) is 48.5 Å². The molecule has 2 aromatic carbocycles. The molecule has 1 N–H and O–H groups in total. The summed E-state index contributed by atoms with van der Waals surface area (Å²) in [5, 5.41) is 2.85. The number of methoxy groups -OCH3 is 2. The molecule has 2 heterocycles. The van der Waals surface area contributed by atoms with Crippen molar-refractivity contribution in [2.45, 2.75) is 0 Å². The van der Waals surface area contributed by atoms with E-state index in [2.05, 4.69) is 15.2 Å². The Bertz CT molecular complexity index is 1110. The Labute approximate surface area is 192 Å². The third-order valence-electron chi connectivity index (χ3n) is 5.59. The number of hydrogen-bond acceptors (Lipinski definition) is 6. The lowest BCUT2D eigenvalue weighted by Crippen LogP contribution is -2.49. The Hall–Kier alpha value is -4.07. The van der Waals surface area contributed by atoms with Gasteiger partial charge in [-0.3, -0.25) is 9.59 Å². The van der Waals surface area contributed by atoms with E-state index in [1.807, 2.05) is 23.1 Å². The fourth-order valence-corrected chi connectivity index (χ4v) is 3.73. The van der Waals surface area contributed by atoms with Crippen LogP contribution in [0.3, 0.4) is 0 Å². The van der Waals surface area contributed by atoms with Crippen molar-refractivity contribution in [2.75, 3.05) is 50.6 Å². The number of amides is 2. The number of ether oxygens (including phenoxy) is 2. The highest BCUT2D eigenvalue weighted by Crippen LogP contribution is 2.21. The lowest BCUT2D eigenvalue weighted by molar-refractivity contribution is 0.0746. The highest BCUT2D eigenvalue weighted by Gasteiger charge is 2.23. The third-order valence-corrected chi connectivity index (χ3v) is 5.59. The number of aromatic nitrogens is 1. The second-order valence-corrected chi connectivity index (χ2v) is 7.57. The van der Waals surface area contributed by atoms with Gasteiger partial charge in [-0.25, -0.2) is 4.98 Å². The lowest BCUT2D eigenvalue weighted by atomic mass is 10.1. The van der Waals surface area contributed by atoms with E-state index in [4.69, 9.17) is 9.47 Å². The molecule has 0 unspecified atom stereocenters. The maximum Gasteiger partial charge on any atom is 0.259 e. The Kier molecular flexibility index (Phi) is 6.73. The molecule has 2 amide bonds. The maximum absolute atomic E-state index is 12.8. The van der Waals surface area contributed by atoms with Crippen LogP contribution >= 0.6 is 0 Å². The molecule has 1 aliphatic heterocycles. The van der Waals surface area contributed by atoms with Gasteiger partial charge < -0.3 is 24.6 Å². The van der Waals surface area contributed by atoms with Crippen LogP contribution in [0.2, 0.25) is 0 Å². The Balaban J connectivity index is 1.33. The van der Waals surface area contributed by atoms with Crippen molar-refractivity contribution in [3.63, 3.8) is 0 Å². The fourth-order valence-electron chi connectivity index (χ4n) is 3.73. The molecule has 1 saturated heterocycles. The van der Waals surface area contributed by atoms with Crippen LogP contribution in [0.5, 0.6) is 11.5 Å². The highest BCUT2D eigenvalue weighted by atomic mass is 16.5. The molecule has 0 bridgehead atoms. The zero-order chi connectivity index (χ0) is 23.2. The summed E-state index contributed by atoms with van der Waals surface area (Å²) in [6.07, 6.45) is 1.64. The smallest absolute Gasteiger partial charge is 0.259 e. The second kappa shape index (κ2) is 10.0. The maximum atomic E-state index is 12.8. The quantitative estimate of drug-likeness (QED) is 0.626. The summed E-state index contributed by atoms with van der Waals surface area (Å²) < 4.78 is 10.4. The number of carbonyl (C=O) groups is 2. The van der Waals surface area contributed by atoms with Crippen molar-refractivity contribution in [2.24, 2.45) is 0 Å². The van der Waals surface area contributed by atoms with E-state index in [0.29, 0.717) is 48.7 Å². The van der Waals surface area contributed by atoms with Gasteiger partial charge in [-0.2, -0.15) is 0 Å². The lowest BCUT2D eigenvalue weighted by Gasteiger charge is -2.35. The number of hydrogen-bond donors (Lipinski definition) is 1. The molecule has 3 aromatic rings. The number of para-hydroxylation sites is 1. The van der Waals surface area contributed by atoms with Crippen molar-refractivity contribution in [3.05, 3.63) is 78.0 Å². The standard InChI is InChI=1S/C25H26N4O4/c1-32-20-10-7-18(8-11-20)25(31)29-15-13-28(14-16-29)23-12-9-19(17-26-23)27-24(30)21-5-3-4-6-22(21)33-2/h3-12,17H,13-16H2,1-2H3,(H,27,30). The van der Waals surface area contributed by atoms with Gasteiger partial charge in [0.15, 0.2) is 0 Å². The second-order valence-electron chi connectivity index (χ2n) is 7.57. The minimum atomic E-state index is -0.257. The molecule has 33 heavy (non-hydrogen) atoms. The van der Waals surface area contributed by atoms with E-state index >= 15 is 0 Å². The zero-order valence-corrected chi connectivity index (χ0v) is 18.7. The van der Waals surface area contributed by atoms with Crippen LogP contribution in [0.25, 0.3) is 0 Å². The van der Waals surface area contributed by atoms with Gasteiger partial charge in [0.25, 0.3) is 11.8 Å². The molecule has 1 fully saturated rings. The summed E-state index contributed by atoms with van der Waals surface area (Å²) in [6, 6.07) is 17.9. The first-order valence-corrected chi connectivity index (χ1v) is 10.7. The van der Waals surface area contributed by atoms with Crippen molar-refractivity contribution in [1.29, 1.82) is 0 Å². The van der Waals surface area contributed by atoms with Crippen LogP contribution in [0.1, 0.15) is 20.7 Å². The summed E-state index contributed by atoms with van der Waals surface area (Å²) in [5.74, 6) is 1.81. The first kappa shape index (κ1) is 22.1. The highest BCUT2D eigenvalue weighted by molar-refractivity contribution is 6.06. The molecule has 8 nitrogen and oxygen atoms in total. The van der Waals surface area contributed by atoms with E-state index in [0.717, 1.165) is 11.6 Å². The Morgan fingerprint density at radius 2 is 1.61 bits per heavy atom. The predicted octanol–water partition coefficient (Wildman–Crippen LogP) is 3.31. The minimum absolute atomic E-state index is 0.0136. The molecule has 0 aliphatic carbocycles. The Morgan fingerprint density at radius 1 is 0.879 bits per heavy atom. The summed E-state index contributed by atoms with van der Waals surface area (Å²) >= 11 is 0. The molecule has 8 heteroatoms. The number of nitrogens with one attached hydrogen (secondary N) is 1. The summed E-state index contributed by atoms with van der Waals surface area (Å²) in [6.45, 7) is 2.58. The van der Waals surface area contributed by atoms with E-state index in [-0.39, 0.29) is 11.8 Å². The van der Waals surface area contributed by atoms with Gasteiger partial charge in [0.05, 0.1) is 31.7 Å². The van der Waals surface area contributed by atoms with Crippen molar-refractivity contribution in [1.82, 2.24) is 9.88 Å². The number of benzene rings is 2. The molecule has 0 atom stereocenters. The summed E-state index contributed by atoms with van der Waals surface area (Å²) in [7, 11) is 3.14. The van der Waals surface area contributed by atoms with Crippen LogP contribution in [-0.2, 0) is 0 Å². The Morgan fingerprint density at radius 3 is 2.24 bits per heavy atom. The number of anilines is 2. The van der Waals surface area contributed by atoms with Crippen LogP contribution in [0.15, 0.2) is 66.9 Å². The number of pyridine rings is 1. The topological polar surface area (TPSA) is 84.0 Å². The monoisotopic (exact) mass is 446 g/mol. The predicted molar refractivity (Wildman–Crippen MR) is 126 cm³/mol.